The molecule has 0 fully saturated rings. The van der Waals surface area contributed by atoms with Crippen LogP contribution in [0, 0.1) is 0 Å². The molecular formula is C48H121NO15Si11. The maximum atomic E-state index is 7.50. The minimum Gasteiger partial charge on any atom is -0.456 e. The normalized spacial score (nSPS) is 15.7. The Morgan fingerprint density at radius 1 is 0.280 bits per heavy atom. The van der Waals surface area contributed by atoms with Gasteiger partial charge >= 0.3 is 25.9 Å². The van der Waals surface area contributed by atoms with E-state index in [4.69, 9.17) is 72.1 Å². The third-order valence-corrected chi connectivity index (χ3v) is 57.3. The van der Waals surface area contributed by atoms with Crippen molar-refractivity contribution in [2.75, 3.05) is 108 Å². The fourth-order valence-electron chi connectivity index (χ4n) is 9.37. The lowest BCUT2D eigenvalue weighted by atomic mass is 10.5. The molecule has 0 aromatic rings. The van der Waals surface area contributed by atoms with Gasteiger partial charge in [-0.05, 0) is 198 Å². The molecule has 452 valence electrons. The van der Waals surface area contributed by atoms with Crippen molar-refractivity contribution in [1.29, 1.82) is 0 Å². The number of methoxy groups -OCH3 is 1. The summed E-state index contributed by atoms with van der Waals surface area (Å²) in [6.07, 6.45) is 1.79. The van der Waals surface area contributed by atoms with Crippen molar-refractivity contribution in [3.8, 4) is 0 Å². The molecule has 27 heteroatoms. The molecule has 0 aliphatic heterocycles. The van der Waals surface area contributed by atoms with Crippen molar-refractivity contribution in [2.24, 2.45) is 5.73 Å². The Morgan fingerprint density at radius 2 is 0.533 bits per heavy atom. The van der Waals surface area contributed by atoms with Crippen LogP contribution in [0.2, 0.25) is 184 Å². The molecule has 2 unspecified atom stereocenters. The van der Waals surface area contributed by atoms with E-state index in [9.17, 15) is 0 Å². The van der Waals surface area contributed by atoms with Crippen LogP contribution in [0.15, 0.2) is 0 Å². The van der Waals surface area contributed by atoms with Gasteiger partial charge in [0, 0.05) is 41.1 Å². The van der Waals surface area contributed by atoms with E-state index in [1.165, 1.54) is 0 Å². The van der Waals surface area contributed by atoms with Crippen molar-refractivity contribution < 1.29 is 66.4 Å². The van der Waals surface area contributed by atoms with Crippen LogP contribution in [0.4, 0.5) is 0 Å². The molecule has 0 radical (unpaired) electrons. The summed E-state index contributed by atoms with van der Waals surface area (Å²) in [5.41, 5.74) is 6.08. The van der Waals surface area contributed by atoms with Gasteiger partial charge in [-0.25, -0.2) is 0 Å². The highest BCUT2D eigenvalue weighted by Crippen LogP contribution is 2.36. The van der Waals surface area contributed by atoms with Crippen LogP contribution in [0.3, 0.4) is 0 Å². The SMILES string of the molecule is CC[Si](C)(C)O[Si](C)(C)CC[Si](C)(C)O[Si](C)(CCCOCCOCCOCCOCCOCCOC)O[Si](C)(C)CC[Si](C)(C)O[Si](C)(C)CC[Si](C)(C)O[Si](C)(CCCN)O[Si](C)(C)CC[Si](OC)(OC)OC. The molecule has 0 spiro atoms. The first-order valence-corrected chi connectivity index (χ1v) is 60.3. The molecule has 0 heterocycles. The first-order chi connectivity index (χ1) is 34.4. The summed E-state index contributed by atoms with van der Waals surface area (Å²) in [6, 6.07) is 11.0. The summed E-state index contributed by atoms with van der Waals surface area (Å²) in [6.45, 7) is 51.7. The quantitative estimate of drug-likeness (QED) is 0.0451. The lowest BCUT2D eigenvalue weighted by Crippen LogP contribution is -2.56. The molecule has 0 bridgehead atoms. The summed E-state index contributed by atoms with van der Waals surface area (Å²) >= 11 is 0. The summed E-state index contributed by atoms with van der Waals surface area (Å²) < 4.78 is 94.4. The Morgan fingerprint density at radius 3 is 0.813 bits per heavy atom. The van der Waals surface area contributed by atoms with E-state index in [0.29, 0.717) is 79.2 Å². The van der Waals surface area contributed by atoms with Crippen LogP contribution in [-0.2, 0) is 66.4 Å². The van der Waals surface area contributed by atoms with E-state index in [2.05, 4.69) is 125 Å². The molecule has 0 rings (SSSR count). The van der Waals surface area contributed by atoms with Crippen LogP contribution in [0.5, 0.6) is 0 Å². The minimum absolute atomic E-state index is 0.523. The van der Waals surface area contributed by atoms with E-state index in [1.54, 1.807) is 28.4 Å². The molecule has 2 N–H and O–H groups in total. The van der Waals surface area contributed by atoms with Crippen LogP contribution in [0.1, 0.15) is 19.8 Å². The Labute approximate surface area is 473 Å². The number of nitrogens with two attached hydrogens (primary N) is 1. The smallest absolute Gasteiger partial charge is 0.456 e. The zero-order chi connectivity index (χ0) is 57.8. The first-order valence-electron chi connectivity index (χ1n) is 28.4. The van der Waals surface area contributed by atoms with E-state index in [1.807, 2.05) is 0 Å². The largest absolute Gasteiger partial charge is 0.499 e. The summed E-state index contributed by atoms with van der Waals surface area (Å²) in [4.78, 5) is 0. The third-order valence-electron chi connectivity index (χ3n) is 13.6. The molecule has 0 amide bonds. The molecule has 2 atom stereocenters. The van der Waals surface area contributed by atoms with Crippen LogP contribution in [0.25, 0.3) is 0 Å². The summed E-state index contributed by atoms with van der Waals surface area (Å²) in [5, 5.41) is 0. The van der Waals surface area contributed by atoms with Crippen LogP contribution < -0.4 is 5.73 Å². The van der Waals surface area contributed by atoms with E-state index < -0.39 is 92.5 Å². The second-order valence-electron chi connectivity index (χ2n) is 25.7. The predicted octanol–water partition coefficient (Wildman–Crippen LogP) is 12.2. The average molecular weight is 1260 g/mol. The Hall–Kier alpha value is 1.75. The van der Waals surface area contributed by atoms with Crippen LogP contribution in [-0.4, -0.2) is 200 Å². The van der Waals surface area contributed by atoms with E-state index in [-0.39, 0.29) is 0 Å². The zero-order valence-corrected chi connectivity index (χ0v) is 63.9. The molecule has 0 saturated carbocycles. The molecule has 75 heavy (non-hydrogen) atoms. The van der Waals surface area contributed by atoms with E-state index >= 15 is 0 Å². The van der Waals surface area contributed by atoms with Crippen molar-refractivity contribution >= 4 is 92.5 Å². The highest BCUT2D eigenvalue weighted by Gasteiger charge is 2.48. The first kappa shape index (κ1) is 76.7. The fraction of sp³-hybridized carbons (Fsp3) is 1.00. The minimum atomic E-state index is -2.71. The Balaban J connectivity index is 5.70. The van der Waals surface area contributed by atoms with Gasteiger partial charge in [0.1, 0.15) is 0 Å². The van der Waals surface area contributed by atoms with Gasteiger partial charge < -0.3 is 72.1 Å². The lowest BCUT2D eigenvalue weighted by Gasteiger charge is -2.43. The highest BCUT2D eigenvalue weighted by atomic mass is 28.5. The lowest BCUT2D eigenvalue weighted by molar-refractivity contribution is -0.0146. The van der Waals surface area contributed by atoms with Gasteiger partial charge in [0.2, 0.25) is 0 Å². The van der Waals surface area contributed by atoms with Crippen molar-refractivity contribution in [3.63, 3.8) is 0 Å². The molecule has 0 aliphatic rings. The number of rotatable bonds is 50. The van der Waals surface area contributed by atoms with Crippen molar-refractivity contribution in [2.45, 2.75) is 204 Å². The monoisotopic (exact) mass is 1260 g/mol. The predicted molar refractivity (Wildman–Crippen MR) is 339 cm³/mol. The second-order valence-corrected chi connectivity index (χ2v) is 71.5. The second kappa shape index (κ2) is 36.5. The molecule has 0 saturated heterocycles. The molecule has 0 aromatic carbocycles. The van der Waals surface area contributed by atoms with Gasteiger partial charge in [0.05, 0.1) is 66.1 Å². The summed E-state index contributed by atoms with van der Waals surface area (Å²) in [7, 11) is -17.4. The van der Waals surface area contributed by atoms with Gasteiger partial charge in [-0.1, -0.05) is 6.92 Å². The maximum Gasteiger partial charge on any atom is 0.499 e. The fourth-order valence-corrected chi connectivity index (χ4v) is 67.0. The van der Waals surface area contributed by atoms with Gasteiger partial charge in [-0.2, -0.15) is 0 Å². The van der Waals surface area contributed by atoms with Crippen LogP contribution >= 0.6 is 0 Å². The standard InChI is InChI=1S/C48H121NO15Si11/c1-24-65(6,7)59-66(8,9)41-44-70(16,17)62-74(23,40-26-28-54-31-32-56-35-36-58-38-37-57-34-33-55-30-29-50-2)63-71(18,19)46-43-68(12,13)60-67(10,11)42-45-69(14,15)61-73(22,39-25-27-49)64-72(20,21)47-48-75(51-3,52-4)53-5/h24-49H2,1-23H3. The maximum absolute atomic E-state index is 7.50. The Kier molecular flexibility index (Phi) is 37.3. The molecule has 16 nitrogen and oxygen atoms in total. The van der Waals surface area contributed by atoms with Gasteiger partial charge in [0.15, 0.2) is 66.5 Å². The Bertz CT molecular complexity index is 1480. The number of hydrogen-bond donors (Lipinski definition) is 1. The zero-order valence-electron chi connectivity index (χ0n) is 52.9. The number of hydrogen-bond acceptors (Lipinski definition) is 16. The average Bonchev–Trinajstić information content (AvgIpc) is 3.28. The molecule has 0 aromatic heterocycles. The van der Waals surface area contributed by atoms with Gasteiger partial charge in [0.25, 0.3) is 0 Å². The molecule has 0 aliphatic carbocycles. The van der Waals surface area contributed by atoms with Gasteiger partial charge in [-0.3, -0.25) is 0 Å². The number of ether oxygens (including phenoxy) is 6. The van der Waals surface area contributed by atoms with E-state index in [0.717, 1.165) is 79.3 Å². The van der Waals surface area contributed by atoms with Gasteiger partial charge in [-0.15, -0.1) is 0 Å². The summed E-state index contributed by atoms with van der Waals surface area (Å²) in [5.74, 6) is 0. The molecular weight excluding hydrogens is 1140 g/mol. The highest BCUT2D eigenvalue weighted by molar-refractivity contribution is 6.92. The third kappa shape index (κ3) is 38.3. The van der Waals surface area contributed by atoms with Crippen molar-refractivity contribution in [3.05, 3.63) is 0 Å². The van der Waals surface area contributed by atoms with Crippen molar-refractivity contribution in [1.82, 2.24) is 0 Å². The topological polar surface area (TPSA) is 164 Å².